The Balaban J connectivity index is 2.80. The summed E-state index contributed by atoms with van der Waals surface area (Å²) < 4.78 is 0. The van der Waals surface area contributed by atoms with Crippen LogP contribution in [0.1, 0.15) is 36.8 Å². The Morgan fingerprint density at radius 1 is 1.36 bits per heavy atom. The number of phenolic OH excluding ortho intramolecular Hbond substituents is 1. The minimum absolute atomic E-state index is 0.0285. The van der Waals surface area contributed by atoms with Crippen LogP contribution in [-0.2, 0) is 5.41 Å². The summed E-state index contributed by atoms with van der Waals surface area (Å²) in [5.41, 5.74) is 4.71. The number of nitro benzene ring substituents is 1. The van der Waals surface area contributed by atoms with Gasteiger partial charge in [-0.3, -0.25) is 14.9 Å². The highest BCUT2D eigenvalue weighted by molar-refractivity contribution is 5.97. The van der Waals surface area contributed by atoms with E-state index in [9.17, 15) is 20.0 Å². The molecule has 116 valence electrons. The van der Waals surface area contributed by atoms with E-state index in [0.29, 0.717) is 5.56 Å². The number of hydrogen-bond acceptors (Lipinski definition) is 6. The molecule has 2 rings (SSSR count). The highest BCUT2D eigenvalue weighted by atomic mass is 16.6. The molecule has 1 aromatic heterocycles. The molecular weight excluding hydrogens is 290 g/mol. The lowest BCUT2D eigenvalue weighted by molar-refractivity contribution is -0.385. The quantitative estimate of drug-likeness (QED) is 0.577. The Hall–Kier alpha value is -2.97. The van der Waals surface area contributed by atoms with Crippen molar-refractivity contribution in [1.29, 1.82) is 0 Å². The van der Waals surface area contributed by atoms with Crippen molar-refractivity contribution >= 4 is 11.6 Å². The molecule has 0 aliphatic heterocycles. The van der Waals surface area contributed by atoms with E-state index in [2.05, 4.69) is 15.4 Å². The molecule has 0 aliphatic rings. The van der Waals surface area contributed by atoms with Crippen LogP contribution in [0, 0.1) is 10.1 Å². The average molecular weight is 305 g/mol. The number of nitrogens with one attached hydrogen (secondary N) is 1. The SMILES string of the molecule is CC(C)(C)c1cc(-c2n[nH]nc2C(N)=O)c(O)c([N+](=O)[O-])c1. The Bertz CT molecular complexity index is 760. The summed E-state index contributed by atoms with van der Waals surface area (Å²) in [4.78, 5) is 21.8. The number of nitro groups is 1. The van der Waals surface area contributed by atoms with Crippen molar-refractivity contribution in [1.82, 2.24) is 15.4 Å². The van der Waals surface area contributed by atoms with E-state index in [4.69, 9.17) is 5.73 Å². The fourth-order valence-corrected chi connectivity index (χ4v) is 1.96. The smallest absolute Gasteiger partial charge is 0.311 e. The molecule has 1 aromatic carbocycles. The Kier molecular flexibility index (Phi) is 3.57. The van der Waals surface area contributed by atoms with Crippen molar-refractivity contribution in [2.24, 2.45) is 5.73 Å². The molecule has 0 spiro atoms. The number of H-pyrrole nitrogens is 1. The number of rotatable bonds is 3. The molecule has 0 atom stereocenters. The topological polar surface area (TPSA) is 148 Å². The second kappa shape index (κ2) is 5.10. The summed E-state index contributed by atoms with van der Waals surface area (Å²) in [5.74, 6) is -1.44. The van der Waals surface area contributed by atoms with Gasteiger partial charge in [-0.2, -0.15) is 15.4 Å². The number of phenols is 1. The highest BCUT2D eigenvalue weighted by Gasteiger charge is 2.28. The number of aromatic nitrogens is 3. The molecule has 9 heteroatoms. The molecule has 0 fully saturated rings. The minimum atomic E-state index is -0.855. The Morgan fingerprint density at radius 2 is 2.00 bits per heavy atom. The first-order valence-corrected chi connectivity index (χ1v) is 6.35. The molecule has 9 nitrogen and oxygen atoms in total. The van der Waals surface area contributed by atoms with Gasteiger partial charge in [-0.1, -0.05) is 20.8 Å². The summed E-state index contributed by atoms with van der Waals surface area (Å²) >= 11 is 0. The van der Waals surface area contributed by atoms with Crippen LogP contribution in [0.15, 0.2) is 12.1 Å². The standard InChI is InChI=1S/C13H15N5O4/c1-13(2,3)6-4-7(11(19)8(5-6)18(21)22)9-10(12(14)20)16-17-15-9/h4-5,19H,1-3H3,(H2,14,20)(H,15,16,17). The number of hydrogen-bond donors (Lipinski definition) is 3. The number of aromatic amines is 1. The van der Waals surface area contributed by atoms with Gasteiger partial charge in [-0.15, -0.1) is 0 Å². The van der Waals surface area contributed by atoms with E-state index >= 15 is 0 Å². The van der Waals surface area contributed by atoms with E-state index in [0.717, 1.165) is 0 Å². The summed E-state index contributed by atoms with van der Waals surface area (Å²) in [6, 6.07) is 2.83. The Morgan fingerprint density at radius 3 is 2.50 bits per heavy atom. The van der Waals surface area contributed by atoms with Crippen molar-refractivity contribution in [2.75, 3.05) is 0 Å². The summed E-state index contributed by atoms with van der Waals surface area (Å²) in [7, 11) is 0. The molecule has 0 saturated carbocycles. The van der Waals surface area contributed by atoms with Crippen LogP contribution < -0.4 is 5.73 Å². The number of carbonyl (C=O) groups excluding carboxylic acids is 1. The molecule has 0 aliphatic carbocycles. The third kappa shape index (κ3) is 2.60. The average Bonchev–Trinajstić information content (AvgIpc) is 2.86. The second-order valence-corrected chi connectivity index (χ2v) is 5.78. The molecular formula is C13H15N5O4. The van der Waals surface area contributed by atoms with Gasteiger partial charge in [0.15, 0.2) is 5.69 Å². The number of aromatic hydroxyl groups is 1. The maximum absolute atomic E-state index is 11.4. The van der Waals surface area contributed by atoms with Crippen molar-refractivity contribution in [3.8, 4) is 17.0 Å². The van der Waals surface area contributed by atoms with Gasteiger partial charge < -0.3 is 10.8 Å². The van der Waals surface area contributed by atoms with Gasteiger partial charge in [0.2, 0.25) is 5.75 Å². The number of nitrogens with two attached hydrogens (primary N) is 1. The second-order valence-electron chi connectivity index (χ2n) is 5.78. The maximum Gasteiger partial charge on any atom is 0.311 e. The number of amides is 1. The maximum atomic E-state index is 11.4. The van der Waals surface area contributed by atoms with Gasteiger partial charge in [0.25, 0.3) is 5.91 Å². The largest absolute Gasteiger partial charge is 0.502 e. The van der Waals surface area contributed by atoms with E-state index < -0.39 is 27.7 Å². The molecule has 0 radical (unpaired) electrons. The minimum Gasteiger partial charge on any atom is -0.502 e. The zero-order valence-corrected chi connectivity index (χ0v) is 12.2. The predicted octanol–water partition coefficient (Wildman–Crippen LogP) is 1.48. The molecule has 2 aromatic rings. The molecule has 1 heterocycles. The molecule has 0 saturated heterocycles. The van der Waals surface area contributed by atoms with Crippen LogP contribution in [0.5, 0.6) is 5.75 Å². The van der Waals surface area contributed by atoms with Gasteiger partial charge in [-0.25, -0.2) is 0 Å². The predicted molar refractivity (Wildman–Crippen MR) is 77.4 cm³/mol. The highest BCUT2D eigenvalue weighted by Crippen LogP contribution is 2.40. The lowest BCUT2D eigenvalue weighted by Gasteiger charge is -2.20. The van der Waals surface area contributed by atoms with Crippen molar-refractivity contribution in [3.05, 3.63) is 33.5 Å². The van der Waals surface area contributed by atoms with Gasteiger partial charge in [0.1, 0.15) is 5.69 Å². The molecule has 0 bridgehead atoms. The number of carbonyl (C=O) groups is 1. The van der Waals surface area contributed by atoms with Gasteiger partial charge in [0.05, 0.1) is 10.5 Å². The number of primary amides is 1. The molecule has 0 unspecified atom stereocenters. The normalized spacial score (nSPS) is 11.4. The fourth-order valence-electron chi connectivity index (χ4n) is 1.96. The first-order valence-electron chi connectivity index (χ1n) is 6.35. The Labute approximate surface area is 125 Å². The van der Waals surface area contributed by atoms with E-state index in [1.165, 1.54) is 12.1 Å². The zero-order chi connectivity index (χ0) is 16.7. The van der Waals surface area contributed by atoms with Crippen LogP contribution in [0.2, 0.25) is 0 Å². The van der Waals surface area contributed by atoms with E-state index in [1.807, 2.05) is 20.8 Å². The lowest BCUT2D eigenvalue weighted by Crippen LogP contribution is -2.14. The monoisotopic (exact) mass is 305 g/mol. The number of nitrogens with zero attached hydrogens (tertiary/aromatic N) is 3. The van der Waals surface area contributed by atoms with E-state index in [1.54, 1.807) is 0 Å². The van der Waals surface area contributed by atoms with Crippen molar-refractivity contribution in [2.45, 2.75) is 26.2 Å². The van der Waals surface area contributed by atoms with Crippen LogP contribution >= 0.6 is 0 Å². The van der Waals surface area contributed by atoms with Crippen LogP contribution in [-0.4, -0.2) is 31.3 Å². The van der Waals surface area contributed by atoms with Crippen LogP contribution in [0.4, 0.5) is 5.69 Å². The molecule has 1 amide bonds. The van der Waals surface area contributed by atoms with E-state index in [-0.39, 0.29) is 17.0 Å². The first-order chi connectivity index (χ1) is 10.1. The van der Waals surface area contributed by atoms with Gasteiger partial charge in [-0.05, 0) is 17.0 Å². The van der Waals surface area contributed by atoms with Gasteiger partial charge in [0, 0.05) is 6.07 Å². The third-order valence-corrected chi connectivity index (χ3v) is 3.19. The summed E-state index contributed by atoms with van der Waals surface area (Å²) in [6.07, 6.45) is 0. The zero-order valence-electron chi connectivity index (χ0n) is 12.2. The lowest BCUT2D eigenvalue weighted by atomic mass is 9.85. The molecule has 22 heavy (non-hydrogen) atoms. The first kappa shape index (κ1) is 15.4. The fraction of sp³-hybridized carbons (Fsp3) is 0.308. The van der Waals surface area contributed by atoms with Crippen LogP contribution in [0.25, 0.3) is 11.3 Å². The van der Waals surface area contributed by atoms with Crippen molar-refractivity contribution < 1.29 is 14.8 Å². The molecule has 4 N–H and O–H groups in total. The van der Waals surface area contributed by atoms with Crippen molar-refractivity contribution in [3.63, 3.8) is 0 Å². The number of benzene rings is 1. The summed E-state index contributed by atoms with van der Waals surface area (Å²) in [5, 5.41) is 30.9. The third-order valence-electron chi connectivity index (χ3n) is 3.19. The van der Waals surface area contributed by atoms with Crippen LogP contribution in [0.3, 0.4) is 0 Å². The van der Waals surface area contributed by atoms with Gasteiger partial charge >= 0.3 is 5.69 Å². The summed E-state index contributed by atoms with van der Waals surface area (Å²) in [6.45, 7) is 5.60.